The van der Waals surface area contributed by atoms with Gasteiger partial charge in [-0.05, 0) is 30.7 Å². The molecular formula is C19H23NO7S. The lowest BCUT2D eigenvalue weighted by Gasteiger charge is -2.19. The minimum Gasteiger partial charge on any atom is -0.493 e. The maximum absolute atomic E-state index is 12.9. The quantitative estimate of drug-likeness (QED) is 0.691. The van der Waals surface area contributed by atoms with E-state index in [1.54, 1.807) is 24.3 Å². The maximum atomic E-state index is 12.9. The molecule has 0 N–H and O–H groups in total. The monoisotopic (exact) mass is 409 g/mol. The summed E-state index contributed by atoms with van der Waals surface area (Å²) in [5.74, 6) is 1.07. The number of hydrogen-bond donors (Lipinski definition) is 0. The average molecular weight is 409 g/mol. The summed E-state index contributed by atoms with van der Waals surface area (Å²) < 4.78 is 46.3. The topological polar surface area (TPSA) is 95.3 Å². The molecule has 0 bridgehead atoms. The van der Waals surface area contributed by atoms with Crippen molar-refractivity contribution >= 4 is 15.7 Å². The molecule has 0 radical (unpaired) electrons. The Balaban J connectivity index is 1.77. The minimum atomic E-state index is -3.42. The summed E-state index contributed by atoms with van der Waals surface area (Å²) in [7, 11) is 1.000. The van der Waals surface area contributed by atoms with Crippen LogP contribution in [0.4, 0.5) is 0 Å². The van der Waals surface area contributed by atoms with Crippen molar-refractivity contribution in [2.75, 3.05) is 34.4 Å². The third-order valence-corrected chi connectivity index (χ3v) is 6.86. The van der Waals surface area contributed by atoms with Crippen LogP contribution in [0.5, 0.6) is 17.2 Å². The Bertz CT molecular complexity index is 912. The van der Waals surface area contributed by atoms with Crippen molar-refractivity contribution < 1.29 is 31.8 Å². The molecule has 1 aromatic carbocycles. The Morgan fingerprint density at radius 1 is 1.18 bits per heavy atom. The zero-order valence-corrected chi connectivity index (χ0v) is 16.8. The molecule has 1 saturated heterocycles. The molecule has 1 amide bonds. The van der Waals surface area contributed by atoms with E-state index >= 15 is 0 Å². The van der Waals surface area contributed by atoms with Gasteiger partial charge in [0.1, 0.15) is 11.5 Å². The second-order valence-corrected chi connectivity index (χ2v) is 8.74. The van der Waals surface area contributed by atoms with Crippen LogP contribution in [-0.2, 0) is 15.6 Å². The van der Waals surface area contributed by atoms with Gasteiger partial charge in [0.2, 0.25) is 5.75 Å². The highest BCUT2D eigenvalue weighted by Gasteiger charge is 2.36. The smallest absolute Gasteiger partial charge is 0.254 e. The summed E-state index contributed by atoms with van der Waals surface area (Å²) >= 11 is 0. The number of likely N-dealkylation sites (tertiary alicyclic amines) is 1. The molecule has 1 fully saturated rings. The first-order valence-corrected chi connectivity index (χ1v) is 10.4. The van der Waals surface area contributed by atoms with Gasteiger partial charge in [0, 0.05) is 18.7 Å². The van der Waals surface area contributed by atoms with Crippen LogP contribution < -0.4 is 14.2 Å². The molecule has 2 aromatic rings. The van der Waals surface area contributed by atoms with Crippen molar-refractivity contribution in [3.8, 4) is 17.2 Å². The molecule has 0 spiro atoms. The van der Waals surface area contributed by atoms with E-state index in [9.17, 15) is 13.2 Å². The highest BCUT2D eigenvalue weighted by Crippen LogP contribution is 2.38. The molecule has 8 nitrogen and oxygen atoms in total. The number of rotatable bonds is 7. The van der Waals surface area contributed by atoms with Crippen LogP contribution in [0, 0.1) is 0 Å². The number of benzene rings is 1. The van der Waals surface area contributed by atoms with E-state index in [1.807, 2.05) is 0 Å². The van der Waals surface area contributed by atoms with Gasteiger partial charge in [-0.25, -0.2) is 8.42 Å². The fraction of sp³-hybridized carbons (Fsp3) is 0.421. The number of carbonyl (C=O) groups is 1. The Kier molecular flexibility index (Phi) is 5.83. The van der Waals surface area contributed by atoms with Crippen LogP contribution in [0.2, 0.25) is 0 Å². The van der Waals surface area contributed by atoms with E-state index in [2.05, 4.69) is 0 Å². The summed E-state index contributed by atoms with van der Waals surface area (Å²) in [6.45, 7) is 0.496. The fourth-order valence-corrected chi connectivity index (χ4v) is 4.97. The van der Waals surface area contributed by atoms with Gasteiger partial charge in [0.15, 0.2) is 21.3 Å². The van der Waals surface area contributed by atoms with Gasteiger partial charge in [-0.3, -0.25) is 4.79 Å². The van der Waals surface area contributed by atoms with Gasteiger partial charge in [-0.15, -0.1) is 0 Å². The average Bonchev–Trinajstić information content (AvgIpc) is 3.38. The van der Waals surface area contributed by atoms with Crippen molar-refractivity contribution in [2.24, 2.45) is 0 Å². The van der Waals surface area contributed by atoms with Crippen LogP contribution in [0.25, 0.3) is 0 Å². The number of nitrogens with zero attached hydrogens (tertiary/aromatic N) is 1. The second-order valence-electron chi connectivity index (χ2n) is 6.46. The van der Waals surface area contributed by atoms with E-state index in [-0.39, 0.29) is 18.2 Å². The predicted molar refractivity (Wildman–Crippen MR) is 102 cm³/mol. The van der Waals surface area contributed by atoms with Crippen molar-refractivity contribution in [3.05, 3.63) is 41.9 Å². The molecule has 1 aromatic heterocycles. The summed E-state index contributed by atoms with van der Waals surface area (Å²) in [4.78, 5) is 14.5. The van der Waals surface area contributed by atoms with Crippen LogP contribution in [-0.4, -0.2) is 58.9 Å². The van der Waals surface area contributed by atoms with Gasteiger partial charge >= 0.3 is 0 Å². The SMILES string of the molecule is COc1cc(C(=O)N2CC[C@@H](S(=O)(=O)Cc3ccco3)C2)cc(OC)c1OC. The number of furan rings is 1. The van der Waals surface area contributed by atoms with Crippen molar-refractivity contribution in [3.63, 3.8) is 0 Å². The highest BCUT2D eigenvalue weighted by molar-refractivity contribution is 7.91. The summed E-state index contributed by atoms with van der Waals surface area (Å²) in [5.41, 5.74) is 0.346. The van der Waals surface area contributed by atoms with E-state index < -0.39 is 15.1 Å². The molecule has 1 atom stereocenters. The number of ether oxygens (including phenoxy) is 3. The summed E-state index contributed by atoms with van der Waals surface area (Å²) in [6, 6.07) is 6.41. The lowest BCUT2D eigenvalue weighted by molar-refractivity contribution is 0.0792. The Morgan fingerprint density at radius 2 is 1.86 bits per heavy atom. The van der Waals surface area contributed by atoms with Gasteiger partial charge in [0.05, 0.1) is 32.8 Å². The molecule has 0 aliphatic carbocycles. The van der Waals surface area contributed by atoms with E-state index in [4.69, 9.17) is 18.6 Å². The predicted octanol–water partition coefficient (Wildman–Crippen LogP) is 2.13. The van der Waals surface area contributed by atoms with Gasteiger partial charge < -0.3 is 23.5 Å². The highest BCUT2D eigenvalue weighted by atomic mass is 32.2. The lowest BCUT2D eigenvalue weighted by atomic mass is 10.1. The summed E-state index contributed by atoms with van der Waals surface area (Å²) in [6.07, 6.45) is 1.83. The van der Waals surface area contributed by atoms with Crippen molar-refractivity contribution in [1.82, 2.24) is 4.90 Å². The standard InChI is InChI=1S/C19H23NO7S/c1-24-16-9-13(10-17(25-2)18(16)26-3)19(21)20-7-6-15(11-20)28(22,23)12-14-5-4-8-27-14/h4-5,8-10,15H,6-7,11-12H2,1-3H3/t15-/m1/s1. The fourth-order valence-electron chi connectivity index (χ4n) is 3.30. The number of methoxy groups -OCH3 is 3. The molecule has 1 aliphatic rings. The molecule has 0 unspecified atom stereocenters. The maximum Gasteiger partial charge on any atom is 0.254 e. The first-order valence-electron chi connectivity index (χ1n) is 8.72. The van der Waals surface area contributed by atoms with Gasteiger partial charge in [0.25, 0.3) is 5.91 Å². The van der Waals surface area contributed by atoms with Crippen molar-refractivity contribution in [1.29, 1.82) is 0 Å². The van der Waals surface area contributed by atoms with Gasteiger partial charge in [-0.1, -0.05) is 0 Å². The molecule has 0 saturated carbocycles. The Hall–Kier alpha value is -2.68. The molecule has 28 heavy (non-hydrogen) atoms. The molecule has 1 aliphatic heterocycles. The Labute approximate surface area is 163 Å². The van der Waals surface area contributed by atoms with Crippen LogP contribution in [0.3, 0.4) is 0 Å². The zero-order valence-electron chi connectivity index (χ0n) is 16.0. The lowest BCUT2D eigenvalue weighted by Crippen LogP contribution is -2.32. The van der Waals surface area contributed by atoms with Crippen LogP contribution >= 0.6 is 0 Å². The molecule has 152 valence electrons. The van der Waals surface area contributed by atoms with Crippen LogP contribution in [0.1, 0.15) is 22.5 Å². The largest absolute Gasteiger partial charge is 0.493 e. The second kappa shape index (κ2) is 8.14. The molecule has 2 heterocycles. The third kappa shape index (κ3) is 3.94. The first-order chi connectivity index (χ1) is 13.4. The number of hydrogen-bond acceptors (Lipinski definition) is 7. The van der Waals surface area contributed by atoms with Gasteiger partial charge in [-0.2, -0.15) is 0 Å². The van der Waals surface area contributed by atoms with Crippen molar-refractivity contribution in [2.45, 2.75) is 17.4 Å². The van der Waals surface area contributed by atoms with E-state index in [0.717, 1.165) is 0 Å². The molecular weight excluding hydrogens is 386 g/mol. The Morgan fingerprint density at radius 3 is 2.39 bits per heavy atom. The molecule has 9 heteroatoms. The first kappa shape index (κ1) is 20.1. The normalized spacial score (nSPS) is 16.8. The zero-order chi connectivity index (χ0) is 20.3. The third-order valence-electron chi connectivity index (χ3n) is 4.78. The number of carbonyl (C=O) groups excluding carboxylic acids is 1. The minimum absolute atomic E-state index is 0.137. The van der Waals surface area contributed by atoms with E-state index in [0.29, 0.717) is 41.5 Å². The summed E-state index contributed by atoms with van der Waals surface area (Å²) in [5, 5.41) is -0.622. The van der Waals surface area contributed by atoms with E-state index in [1.165, 1.54) is 32.5 Å². The number of sulfone groups is 1. The molecule has 3 rings (SSSR count). The van der Waals surface area contributed by atoms with Crippen LogP contribution in [0.15, 0.2) is 34.9 Å². The number of amides is 1.